The highest BCUT2D eigenvalue weighted by Crippen LogP contribution is 2.30. The summed E-state index contributed by atoms with van der Waals surface area (Å²) in [5, 5.41) is 0.687. The van der Waals surface area contributed by atoms with Gasteiger partial charge in [-0.15, -0.1) is 0 Å². The number of rotatable bonds is 5. The molecule has 25 heavy (non-hydrogen) atoms. The summed E-state index contributed by atoms with van der Waals surface area (Å²) in [5.41, 5.74) is 1.43. The van der Waals surface area contributed by atoms with Crippen LogP contribution >= 0.6 is 0 Å². The molecule has 0 aliphatic heterocycles. The lowest BCUT2D eigenvalue weighted by Gasteiger charge is -2.17. The van der Waals surface area contributed by atoms with Gasteiger partial charge in [0, 0.05) is 17.5 Å². The maximum absolute atomic E-state index is 12.4. The van der Waals surface area contributed by atoms with Crippen LogP contribution in [0.3, 0.4) is 0 Å². The average Bonchev–Trinajstić information content (AvgIpc) is 2.65. The van der Waals surface area contributed by atoms with Crippen molar-refractivity contribution in [3.63, 3.8) is 0 Å². The first kappa shape index (κ1) is 16.8. The highest BCUT2D eigenvalue weighted by molar-refractivity contribution is 5.89. The second kappa shape index (κ2) is 7.21. The van der Waals surface area contributed by atoms with Crippen LogP contribution in [0.25, 0.3) is 11.0 Å². The van der Waals surface area contributed by atoms with Crippen molar-refractivity contribution >= 4 is 16.9 Å². The fourth-order valence-electron chi connectivity index (χ4n) is 2.90. The summed E-state index contributed by atoms with van der Waals surface area (Å²) < 4.78 is 15.4. The Balaban J connectivity index is 2.15. The average molecular weight is 338 g/mol. The molecule has 3 aromatic rings. The molecule has 0 saturated heterocycles. The third kappa shape index (κ3) is 3.55. The van der Waals surface area contributed by atoms with E-state index < -0.39 is 17.5 Å². The van der Waals surface area contributed by atoms with Crippen molar-refractivity contribution in [2.45, 2.75) is 12.3 Å². The van der Waals surface area contributed by atoms with Crippen LogP contribution < -0.4 is 10.4 Å². The molecule has 0 bridgehead atoms. The van der Waals surface area contributed by atoms with Crippen molar-refractivity contribution in [2.75, 3.05) is 14.2 Å². The zero-order valence-corrected chi connectivity index (χ0v) is 14.0. The fourth-order valence-corrected chi connectivity index (χ4v) is 2.90. The number of carbonyl (C=O) groups excluding carboxylic acids is 1. The van der Waals surface area contributed by atoms with Crippen LogP contribution in [0.15, 0.2) is 63.8 Å². The molecule has 0 fully saturated rings. The highest BCUT2D eigenvalue weighted by Gasteiger charge is 2.25. The molecule has 128 valence electrons. The largest absolute Gasteiger partial charge is 0.497 e. The van der Waals surface area contributed by atoms with Crippen LogP contribution in [-0.4, -0.2) is 20.2 Å². The topological polar surface area (TPSA) is 65.7 Å². The molecule has 0 aliphatic rings. The quantitative estimate of drug-likeness (QED) is 0.527. The van der Waals surface area contributed by atoms with Gasteiger partial charge < -0.3 is 13.9 Å². The molecule has 1 atom stereocenters. The second-order valence-electron chi connectivity index (χ2n) is 5.65. The van der Waals surface area contributed by atoms with Gasteiger partial charge in [0.2, 0.25) is 0 Å². The highest BCUT2D eigenvalue weighted by atomic mass is 16.5. The van der Waals surface area contributed by atoms with Gasteiger partial charge in [-0.05, 0) is 29.7 Å². The van der Waals surface area contributed by atoms with Crippen molar-refractivity contribution in [3.8, 4) is 5.75 Å². The number of hydrogen-bond donors (Lipinski definition) is 0. The molecule has 0 amide bonds. The molecule has 5 heteroatoms. The lowest BCUT2D eigenvalue weighted by Crippen LogP contribution is -2.19. The zero-order chi connectivity index (χ0) is 17.8. The van der Waals surface area contributed by atoms with E-state index in [4.69, 9.17) is 13.9 Å². The van der Waals surface area contributed by atoms with Crippen LogP contribution in [0.5, 0.6) is 5.75 Å². The van der Waals surface area contributed by atoms with Crippen LogP contribution in [0.4, 0.5) is 0 Å². The SMILES string of the molecule is COC(=O)C(Cc1ccccc1)c1cc(=O)oc2cc(OC)ccc12. The Labute approximate surface area is 144 Å². The minimum atomic E-state index is -0.604. The summed E-state index contributed by atoms with van der Waals surface area (Å²) in [7, 11) is 2.88. The Morgan fingerprint density at radius 2 is 1.84 bits per heavy atom. The van der Waals surface area contributed by atoms with Gasteiger partial charge in [-0.2, -0.15) is 0 Å². The first-order valence-electron chi connectivity index (χ1n) is 7.86. The first-order chi connectivity index (χ1) is 12.1. The van der Waals surface area contributed by atoms with Crippen LogP contribution in [0.2, 0.25) is 0 Å². The third-order valence-electron chi connectivity index (χ3n) is 4.13. The molecule has 1 heterocycles. The van der Waals surface area contributed by atoms with Crippen LogP contribution in [0, 0.1) is 0 Å². The number of hydrogen-bond acceptors (Lipinski definition) is 5. The smallest absolute Gasteiger partial charge is 0.336 e. The van der Waals surface area contributed by atoms with E-state index in [2.05, 4.69) is 0 Å². The maximum Gasteiger partial charge on any atom is 0.336 e. The lowest BCUT2D eigenvalue weighted by atomic mass is 9.90. The summed E-state index contributed by atoms with van der Waals surface area (Å²) in [6.45, 7) is 0. The van der Waals surface area contributed by atoms with E-state index in [1.54, 1.807) is 18.2 Å². The Morgan fingerprint density at radius 1 is 1.08 bits per heavy atom. The van der Waals surface area contributed by atoms with E-state index in [1.807, 2.05) is 30.3 Å². The van der Waals surface area contributed by atoms with Crippen molar-refractivity contribution < 1.29 is 18.7 Å². The molecular formula is C20H18O5. The molecule has 0 radical (unpaired) electrons. The molecule has 5 nitrogen and oxygen atoms in total. The number of carbonyl (C=O) groups is 1. The molecular weight excluding hydrogens is 320 g/mol. The Kier molecular flexibility index (Phi) is 4.84. The van der Waals surface area contributed by atoms with Crippen molar-refractivity contribution in [3.05, 3.63) is 76.1 Å². The number of esters is 1. The van der Waals surface area contributed by atoms with Gasteiger partial charge in [0.25, 0.3) is 0 Å². The van der Waals surface area contributed by atoms with Gasteiger partial charge in [-0.25, -0.2) is 4.79 Å². The summed E-state index contributed by atoms with van der Waals surface area (Å²) in [5.74, 6) is -0.426. The van der Waals surface area contributed by atoms with Gasteiger partial charge in [-0.1, -0.05) is 30.3 Å². The molecule has 3 rings (SSSR count). The Bertz CT molecular complexity index is 943. The van der Waals surface area contributed by atoms with Crippen LogP contribution in [-0.2, 0) is 16.0 Å². The van der Waals surface area contributed by atoms with Crippen LogP contribution in [0.1, 0.15) is 17.0 Å². The van der Waals surface area contributed by atoms with Gasteiger partial charge in [0.1, 0.15) is 11.3 Å². The van der Waals surface area contributed by atoms with E-state index >= 15 is 0 Å². The van der Waals surface area contributed by atoms with E-state index in [0.29, 0.717) is 28.7 Å². The van der Waals surface area contributed by atoms with Gasteiger partial charge in [-0.3, -0.25) is 4.79 Å². The Morgan fingerprint density at radius 3 is 2.52 bits per heavy atom. The summed E-state index contributed by atoms with van der Waals surface area (Å²) in [6.07, 6.45) is 0.429. The molecule has 1 aromatic heterocycles. The van der Waals surface area contributed by atoms with E-state index in [-0.39, 0.29) is 0 Å². The predicted octanol–water partition coefficient (Wildman–Crippen LogP) is 3.30. The van der Waals surface area contributed by atoms with Crippen molar-refractivity contribution in [2.24, 2.45) is 0 Å². The summed E-state index contributed by atoms with van der Waals surface area (Å²) >= 11 is 0. The van der Waals surface area contributed by atoms with Crippen molar-refractivity contribution in [1.82, 2.24) is 0 Å². The van der Waals surface area contributed by atoms with E-state index in [9.17, 15) is 9.59 Å². The molecule has 0 spiro atoms. The number of methoxy groups -OCH3 is 2. The molecule has 0 saturated carbocycles. The predicted molar refractivity (Wildman–Crippen MR) is 93.9 cm³/mol. The molecule has 0 N–H and O–H groups in total. The molecule has 0 aliphatic carbocycles. The number of benzene rings is 2. The zero-order valence-electron chi connectivity index (χ0n) is 14.0. The van der Waals surface area contributed by atoms with E-state index in [0.717, 1.165) is 5.56 Å². The minimum Gasteiger partial charge on any atom is -0.497 e. The Hall–Kier alpha value is -3.08. The van der Waals surface area contributed by atoms with Crippen molar-refractivity contribution in [1.29, 1.82) is 0 Å². The molecule has 2 aromatic carbocycles. The third-order valence-corrected chi connectivity index (χ3v) is 4.13. The second-order valence-corrected chi connectivity index (χ2v) is 5.65. The van der Waals surface area contributed by atoms with Gasteiger partial charge in [0.15, 0.2) is 0 Å². The summed E-state index contributed by atoms with van der Waals surface area (Å²) in [6, 6.07) is 16.2. The monoisotopic (exact) mass is 338 g/mol. The van der Waals surface area contributed by atoms with Gasteiger partial charge >= 0.3 is 11.6 Å². The fraction of sp³-hybridized carbons (Fsp3) is 0.200. The minimum absolute atomic E-state index is 0.379. The number of ether oxygens (including phenoxy) is 2. The first-order valence-corrected chi connectivity index (χ1v) is 7.86. The normalized spacial score (nSPS) is 11.9. The van der Waals surface area contributed by atoms with Gasteiger partial charge in [0.05, 0.1) is 20.1 Å². The van der Waals surface area contributed by atoms with E-state index in [1.165, 1.54) is 20.3 Å². The standard InChI is InChI=1S/C20H18O5/c1-23-14-8-9-15-16(12-19(21)25-18(15)11-14)17(20(22)24-2)10-13-6-4-3-5-7-13/h3-9,11-12,17H,10H2,1-2H3. The number of fused-ring (bicyclic) bond motifs is 1. The summed E-state index contributed by atoms with van der Waals surface area (Å²) in [4.78, 5) is 24.4. The molecule has 1 unspecified atom stereocenters. The lowest BCUT2D eigenvalue weighted by molar-refractivity contribution is -0.142. The maximum atomic E-state index is 12.4.